The second-order valence-corrected chi connectivity index (χ2v) is 5.48. The van der Waals surface area contributed by atoms with Crippen molar-refractivity contribution in [2.75, 3.05) is 25.5 Å². The van der Waals surface area contributed by atoms with Gasteiger partial charge in [0.15, 0.2) is 16.7 Å². The Balaban J connectivity index is 1.76. The van der Waals surface area contributed by atoms with Crippen LogP contribution in [0.2, 0.25) is 0 Å². The first-order chi connectivity index (χ1) is 9.36. The third-order valence-corrected chi connectivity index (χ3v) is 3.92. The number of unbranched alkanes of at least 4 members (excludes halogenated alkanes) is 1. The fourth-order valence-corrected chi connectivity index (χ4v) is 2.89. The van der Waals surface area contributed by atoms with Gasteiger partial charge in [-0.2, -0.15) is 0 Å². The van der Waals surface area contributed by atoms with Crippen LogP contribution in [0.1, 0.15) is 12.8 Å². The summed E-state index contributed by atoms with van der Waals surface area (Å²) in [6.07, 6.45) is 2.17. The molecule has 1 aliphatic heterocycles. The normalized spacial score (nSPS) is 13.9. The lowest BCUT2D eigenvalue weighted by atomic mass is 10.2. The Bertz CT molecular complexity index is 527. The molecule has 2 aromatic rings. The van der Waals surface area contributed by atoms with Crippen molar-refractivity contribution < 1.29 is 9.47 Å². The number of H-pyrrole nitrogens is 1. The molecule has 3 N–H and O–H groups in total. The SMILES string of the molecule is NCCCCSc1nc2cc3c(cc2[nH]1)OCCO3. The number of hydrogen-bond donors (Lipinski definition) is 2. The molecule has 0 amide bonds. The average molecular weight is 279 g/mol. The molecule has 1 aliphatic rings. The van der Waals surface area contributed by atoms with E-state index < -0.39 is 0 Å². The van der Waals surface area contributed by atoms with Crippen molar-refractivity contribution in [3.8, 4) is 11.5 Å². The summed E-state index contributed by atoms with van der Waals surface area (Å²) in [5.41, 5.74) is 7.39. The van der Waals surface area contributed by atoms with Gasteiger partial charge in [0.1, 0.15) is 13.2 Å². The predicted molar refractivity (Wildman–Crippen MR) is 76.1 cm³/mol. The van der Waals surface area contributed by atoms with Gasteiger partial charge in [0.25, 0.3) is 0 Å². The molecule has 0 unspecified atom stereocenters. The Morgan fingerprint density at radius 2 is 2.00 bits per heavy atom. The molecule has 1 aromatic carbocycles. The number of benzene rings is 1. The van der Waals surface area contributed by atoms with Gasteiger partial charge in [0.2, 0.25) is 0 Å². The molecule has 19 heavy (non-hydrogen) atoms. The van der Waals surface area contributed by atoms with Gasteiger partial charge in [-0.15, -0.1) is 0 Å². The van der Waals surface area contributed by atoms with E-state index in [9.17, 15) is 0 Å². The number of aromatic nitrogens is 2. The molecule has 5 nitrogen and oxygen atoms in total. The zero-order valence-electron chi connectivity index (χ0n) is 10.6. The minimum absolute atomic E-state index is 0.601. The van der Waals surface area contributed by atoms with Crippen LogP contribution in [-0.4, -0.2) is 35.5 Å². The molecule has 0 saturated carbocycles. The van der Waals surface area contributed by atoms with Gasteiger partial charge < -0.3 is 20.2 Å². The minimum Gasteiger partial charge on any atom is -0.486 e. The summed E-state index contributed by atoms with van der Waals surface area (Å²) in [4.78, 5) is 7.87. The lowest BCUT2D eigenvalue weighted by Crippen LogP contribution is -2.15. The van der Waals surface area contributed by atoms with E-state index in [1.807, 2.05) is 12.1 Å². The first-order valence-corrected chi connectivity index (χ1v) is 7.47. The number of thioether (sulfide) groups is 1. The highest BCUT2D eigenvalue weighted by molar-refractivity contribution is 7.99. The van der Waals surface area contributed by atoms with Crippen molar-refractivity contribution in [3.05, 3.63) is 12.1 Å². The largest absolute Gasteiger partial charge is 0.486 e. The fraction of sp³-hybridized carbons (Fsp3) is 0.462. The molecule has 0 saturated heterocycles. The predicted octanol–water partition coefficient (Wildman–Crippen LogP) is 2.17. The Kier molecular flexibility index (Phi) is 3.79. The summed E-state index contributed by atoms with van der Waals surface area (Å²) >= 11 is 1.72. The summed E-state index contributed by atoms with van der Waals surface area (Å²) in [6.45, 7) is 1.96. The van der Waals surface area contributed by atoms with Gasteiger partial charge in [0.05, 0.1) is 11.0 Å². The summed E-state index contributed by atoms with van der Waals surface area (Å²) < 4.78 is 11.1. The van der Waals surface area contributed by atoms with E-state index in [-0.39, 0.29) is 0 Å². The number of aromatic amines is 1. The molecule has 3 rings (SSSR count). The zero-order valence-corrected chi connectivity index (χ0v) is 11.5. The second kappa shape index (κ2) is 5.71. The van der Waals surface area contributed by atoms with E-state index in [0.29, 0.717) is 13.2 Å². The average Bonchev–Trinajstić information content (AvgIpc) is 2.82. The number of ether oxygens (including phenoxy) is 2. The van der Waals surface area contributed by atoms with Crippen LogP contribution in [0.25, 0.3) is 11.0 Å². The van der Waals surface area contributed by atoms with Crippen molar-refractivity contribution >= 4 is 22.8 Å². The molecule has 0 atom stereocenters. The van der Waals surface area contributed by atoms with E-state index in [0.717, 1.165) is 52.8 Å². The highest BCUT2D eigenvalue weighted by Crippen LogP contribution is 2.34. The van der Waals surface area contributed by atoms with E-state index in [2.05, 4.69) is 9.97 Å². The second-order valence-electron chi connectivity index (χ2n) is 4.40. The van der Waals surface area contributed by atoms with Crippen molar-refractivity contribution in [2.45, 2.75) is 18.0 Å². The molecular weight excluding hydrogens is 262 g/mol. The van der Waals surface area contributed by atoms with E-state index >= 15 is 0 Å². The maximum Gasteiger partial charge on any atom is 0.166 e. The van der Waals surface area contributed by atoms with Crippen LogP contribution in [-0.2, 0) is 0 Å². The topological polar surface area (TPSA) is 73.2 Å². The molecule has 2 heterocycles. The van der Waals surface area contributed by atoms with Crippen LogP contribution in [0.3, 0.4) is 0 Å². The number of rotatable bonds is 5. The van der Waals surface area contributed by atoms with Crippen molar-refractivity contribution in [3.63, 3.8) is 0 Å². The number of nitrogens with two attached hydrogens (primary N) is 1. The van der Waals surface area contributed by atoms with Gasteiger partial charge in [0, 0.05) is 17.9 Å². The van der Waals surface area contributed by atoms with Gasteiger partial charge in [-0.1, -0.05) is 11.8 Å². The van der Waals surface area contributed by atoms with Crippen molar-refractivity contribution in [1.82, 2.24) is 9.97 Å². The summed E-state index contributed by atoms with van der Waals surface area (Å²) in [5, 5.41) is 0.939. The maximum atomic E-state index is 5.56. The number of fused-ring (bicyclic) bond motifs is 2. The molecule has 0 spiro atoms. The van der Waals surface area contributed by atoms with Crippen LogP contribution >= 0.6 is 11.8 Å². The Morgan fingerprint density at radius 3 is 2.79 bits per heavy atom. The molecule has 0 fully saturated rings. The monoisotopic (exact) mass is 279 g/mol. The Labute approximate surface area is 115 Å². The third-order valence-electron chi connectivity index (χ3n) is 2.96. The van der Waals surface area contributed by atoms with Crippen LogP contribution in [0.15, 0.2) is 17.3 Å². The lowest BCUT2D eigenvalue weighted by Gasteiger charge is -2.17. The zero-order chi connectivity index (χ0) is 13.1. The van der Waals surface area contributed by atoms with E-state index in [4.69, 9.17) is 15.2 Å². The van der Waals surface area contributed by atoms with E-state index in [1.165, 1.54) is 0 Å². The molecule has 0 bridgehead atoms. The minimum atomic E-state index is 0.601. The molecule has 0 aliphatic carbocycles. The first-order valence-electron chi connectivity index (χ1n) is 6.49. The smallest absolute Gasteiger partial charge is 0.166 e. The molecule has 6 heteroatoms. The van der Waals surface area contributed by atoms with Gasteiger partial charge >= 0.3 is 0 Å². The molecular formula is C13H17N3O2S. The standard InChI is InChI=1S/C13H17N3O2S/c14-3-1-2-6-19-13-15-9-7-11-12(8-10(9)16-13)18-5-4-17-11/h7-8H,1-6,14H2,(H,15,16). The van der Waals surface area contributed by atoms with Crippen LogP contribution in [0.5, 0.6) is 11.5 Å². The maximum absolute atomic E-state index is 5.56. The highest BCUT2D eigenvalue weighted by atomic mass is 32.2. The Morgan fingerprint density at radius 1 is 1.21 bits per heavy atom. The van der Waals surface area contributed by atoms with Crippen molar-refractivity contribution in [2.24, 2.45) is 5.73 Å². The van der Waals surface area contributed by atoms with Gasteiger partial charge in [-0.05, 0) is 19.4 Å². The summed E-state index contributed by atoms with van der Waals surface area (Å²) in [5.74, 6) is 2.61. The van der Waals surface area contributed by atoms with E-state index in [1.54, 1.807) is 11.8 Å². The van der Waals surface area contributed by atoms with Crippen LogP contribution in [0.4, 0.5) is 0 Å². The summed E-state index contributed by atoms with van der Waals surface area (Å²) in [6, 6.07) is 3.89. The summed E-state index contributed by atoms with van der Waals surface area (Å²) in [7, 11) is 0. The first kappa shape index (κ1) is 12.6. The fourth-order valence-electron chi connectivity index (χ4n) is 2.01. The van der Waals surface area contributed by atoms with Crippen LogP contribution in [0, 0.1) is 0 Å². The van der Waals surface area contributed by atoms with Crippen molar-refractivity contribution in [1.29, 1.82) is 0 Å². The number of imidazole rings is 1. The molecule has 1 aromatic heterocycles. The van der Waals surface area contributed by atoms with Crippen LogP contribution < -0.4 is 15.2 Å². The molecule has 0 radical (unpaired) electrons. The number of nitrogens with zero attached hydrogens (tertiary/aromatic N) is 1. The number of hydrogen-bond acceptors (Lipinski definition) is 5. The Hall–Kier alpha value is -1.40. The quantitative estimate of drug-likeness (QED) is 0.648. The highest BCUT2D eigenvalue weighted by Gasteiger charge is 2.14. The van der Waals surface area contributed by atoms with Gasteiger partial charge in [-0.3, -0.25) is 0 Å². The van der Waals surface area contributed by atoms with Gasteiger partial charge in [-0.25, -0.2) is 4.98 Å². The third kappa shape index (κ3) is 2.79. The lowest BCUT2D eigenvalue weighted by molar-refractivity contribution is 0.172. The molecule has 102 valence electrons. The number of nitrogens with one attached hydrogen (secondary N) is 1.